The van der Waals surface area contributed by atoms with E-state index in [2.05, 4.69) is 0 Å². The maximum Gasteiger partial charge on any atom is 0.224 e. The lowest BCUT2D eigenvalue weighted by Gasteiger charge is -2.25. The summed E-state index contributed by atoms with van der Waals surface area (Å²) in [6.45, 7) is 1.01. The van der Waals surface area contributed by atoms with Crippen molar-refractivity contribution in [3.05, 3.63) is 29.8 Å². The van der Waals surface area contributed by atoms with Crippen LogP contribution >= 0.6 is 0 Å². The molecule has 1 heterocycles. The lowest BCUT2D eigenvalue weighted by atomic mass is 10.0. The van der Waals surface area contributed by atoms with Crippen molar-refractivity contribution in [2.24, 2.45) is 0 Å². The van der Waals surface area contributed by atoms with Gasteiger partial charge in [0, 0.05) is 7.05 Å². The van der Waals surface area contributed by atoms with Gasteiger partial charge in [-0.1, -0.05) is 18.2 Å². The Kier molecular flexibility index (Phi) is 3.64. The van der Waals surface area contributed by atoms with Gasteiger partial charge in [-0.25, -0.2) is 0 Å². The largest absolute Gasteiger partial charge is 0.508 e. The Hall–Kier alpha value is -1.55. The van der Waals surface area contributed by atoms with Crippen molar-refractivity contribution in [1.29, 1.82) is 0 Å². The third-order valence-electron chi connectivity index (χ3n) is 3.16. The van der Waals surface area contributed by atoms with Crippen LogP contribution in [0.3, 0.4) is 0 Å². The summed E-state index contributed by atoms with van der Waals surface area (Å²) in [5.74, 6) is 0.375. The molecule has 4 heteroatoms. The fraction of sp³-hybridized carbons (Fsp3) is 0.462. The maximum absolute atomic E-state index is 11.7. The van der Waals surface area contributed by atoms with Gasteiger partial charge in [-0.05, 0) is 18.1 Å². The second kappa shape index (κ2) is 5.19. The van der Waals surface area contributed by atoms with E-state index in [1.54, 1.807) is 24.1 Å². The summed E-state index contributed by atoms with van der Waals surface area (Å²) in [5, 5.41) is 9.72. The van der Waals surface area contributed by atoms with Crippen LogP contribution in [0.4, 0.5) is 0 Å². The van der Waals surface area contributed by atoms with E-state index in [4.69, 9.17) is 4.74 Å². The molecule has 1 N–H and O–H groups in total. The molecule has 4 nitrogen and oxygen atoms in total. The number of hydrogen-bond acceptors (Lipinski definition) is 3. The molecule has 1 fully saturated rings. The van der Waals surface area contributed by atoms with Crippen molar-refractivity contribution in [3.63, 3.8) is 0 Å². The molecule has 1 unspecified atom stereocenters. The van der Waals surface area contributed by atoms with Gasteiger partial charge in [-0.3, -0.25) is 4.79 Å². The van der Waals surface area contributed by atoms with Crippen LogP contribution < -0.4 is 0 Å². The van der Waals surface area contributed by atoms with Crippen LogP contribution in [-0.2, 0) is 16.0 Å². The molecule has 0 radical (unpaired) electrons. The summed E-state index contributed by atoms with van der Waals surface area (Å²) in [6.07, 6.45) is 1.06. The molecule has 0 bridgehead atoms. The Balaban J connectivity index is 2.11. The zero-order valence-corrected chi connectivity index (χ0v) is 9.93. The van der Waals surface area contributed by atoms with Crippen molar-refractivity contribution in [2.45, 2.75) is 18.9 Å². The van der Waals surface area contributed by atoms with Gasteiger partial charge < -0.3 is 14.7 Å². The number of carbonyl (C=O) groups excluding carboxylic acids is 1. The first-order valence-corrected chi connectivity index (χ1v) is 5.79. The smallest absolute Gasteiger partial charge is 0.224 e. The lowest BCUT2D eigenvalue weighted by Crippen LogP contribution is -2.39. The third-order valence-corrected chi connectivity index (χ3v) is 3.16. The van der Waals surface area contributed by atoms with Crippen molar-refractivity contribution in [3.8, 4) is 5.75 Å². The molecule has 0 spiro atoms. The molecule has 1 aliphatic rings. The van der Waals surface area contributed by atoms with E-state index < -0.39 is 0 Å². The molecule has 0 aromatic heterocycles. The number of amides is 1. The first-order chi connectivity index (χ1) is 8.18. The highest BCUT2D eigenvalue weighted by atomic mass is 16.5. The van der Waals surface area contributed by atoms with Crippen LogP contribution in [0.5, 0.6) is 5.75 Å². The van der Waals surface area contributed by atoms with Crippen LogP contribution in [0.1, 0.15) is 12.0 Å². The van der Waals surface area contributed by atoms with E-state index in [9.17, 15) is 9.90 Å². The van der Waals surface area contributed by atoms with Crippen molar-refractivity contribution < 1.29 is 14.6 Å². The summed E-state index contributed by atoms with van der Waals surface area (Å²) >= 11 is 0. The Labute approximate surface area is 101 Å². The molecular weight excluding hydrogens is 218 g/mol. The predicted octanol–water partition coefficient (Wildman–Crippen LogP) is 1.18. The average molecular weight is 235 g/mol. The average Bonchev–Trinajstić information content (AvgIpc) is 2.47. The number of nitrogens with zero attached hydrogens (tertiary/aromatic N) is 1. The SMILES string of the molecule is CN1C(=O)CCOCC1Cc1ccccc1O. The number of phenolic OH excluding ortho intramolecular Hbond substituents is 1. The molecule has 17 heavy (non-hydrogen) atoms. The van der Waals surface area contributed by atoms with Gasteiger partial charge >= 0.3 is 0 Å². The van der Waals surface area contributed by atoms with E-state index in [0.29, 0.717) is 26.1 Å². The summed E-state index contributed by atoms with van der Waals surface area (Å²) < 4.78 is 5.42. The highest BCUT2D eigenvalue weighted by Gasteiger charge is 2.24. The van der Waals surface area contributed by atoms with Crippen LogP contribution in [0.2, 0.25) is 0 Å². The van der Waals surface area contributed by atoms with E-state index in [1.807, 2.05) is 12.1 Å². The van der Waals surface area contributed by atoms with E-state index in [-0.39, 0.29) is 17.7 Å². The fourth-order valence-electron chi connectivity index (χ4n) is 2.00. The zero-order chi connectivity index (χ0) is 12.3. The standard InChI is InChI=1S/C13H17NO3/c1-14-11(9-17-7-6-13(14)16)8-10-4-2-3-5-12(10)15/h2-5,11,15H,6-9H2,1H3. The number of benzene rings is 1. The number of rotatable bonds is 2. The second-order valence-electron chi connectivity index (χ2n) is 4.32. The van der Waals surface area contributed by atoms with Crippen LogP contribution in [0, 0.1) is 0 Å². The number of ether oxygens (including phenoxy) is 1. The second-order valence-corrected chi connectivity index (χ2v) is 4.32. The Bertz CT molecular complexity index is 405. The fourth-order valence-corrected chi connectivity index (χ4v) is 2.00. The minimum Gasteiger partial charge on any atom is -0.508 e. The van der Waals surface area contributed by atoms with Gasteiger partial charge in [-0.15, -0.1) is 0 Å². The van der Waals surface area contributed by atoms with E-state index in [1.165, 1.54) is 0 Å². The minimum absolute atomic E-state index is 0.00157. The number of phenols is 1. The van der Waals surface area contributed by atoms with Crippen LogP contribution in [-0.4, -0.2) is 42.2 Å². The van der Waals surface area contributed by atoms with Gasteiger partial charge in [-0.2, -0.15) is 0 Å². The van der Waals surface area contributed by atoms with Crippen LogP contribution in [0.15, 0.2) is 24.3 Å². The molecule has 1 amide bonds. The van der Waals surface area contributed by atoms with Crippen LogP contribution in [0.25, 0.3) is 0 Å². The van der Waals surface area contributed by atoms with E-state index in [0.717, 1.165) is 5.56 Å². The minimum atomic E-state index is -0.00157. The molecule has 1 aromatic carbocycles. The van der Waals surface area contributed by atoms with Gasteiger partial charge in [0.1, 0.15) is 5.75 Å². The molecule has 1 atom stereocenters. The summed E-state index contributed by atoms with van der Waals surface area (Å²) in [6, 6.07) is 7.21. The molecule has 0 aliphatic carbocycles. The quantitative estimate of drug-likeness (QED) is 0.837. The number of para-hydroxylation sites is 1. The molecule has 92 valence electrons. The predicted molar refractivity (Wildman–Crippen MR) is 63.8 cm³/mol. The van der Waals surface area contributed by atoms with Crippen molar-refractivity contribution in [2.75, 3.05) is 20.3 Å². The number of aromatic hydroxyl groups is 1. The molecule has 0 saturated carbocycles. The van der Waals surface area contributed by atoms with Gasteiger partial charge in [0.25, 0.3) is 0 Å². The van der Waals surface area contributed by atoms with Gasteiger partial charge in [0.15, 0.2) is 0 Å². The highest BCUT2D eigenvalue weighted by molar-refractivity contribution is 5.76. The third kappa shape index (κ3) is 2.77. The molecule has 1 aliphatic heterocycles. The maximum atomic E-state index is 11.7. The summed E-state index contributed by atoms with van der Waals surface area (Å²) in [7, 11) is 1.79. The lowest BCUT2D eigenvalue weighted by molar-refractivity contribution is -0.130. The Morgan fingerprint density at radius 2 is 2.24 bits per heavy atom. The molecule has 2 rings (SSSR count). The topological polar surface area (TPSA) is 49.8 Å². The normalized spacial score (nSPS) is 21.4. The van der Waals surface area contributed by atoms with Gasteiger partial charge in [0.2, 0.25) is 5.91 Å². The monoisotopic (exact) mass is 235 g/mol. The molecule has 1 aromatic rings. The number of hydrogen-bond donors (Lipinski definition) is 1. The van der Waals surface area contributed by atoms with Crippen molar-refractivity contribution in [1.82, 2.24) is 4.90 Å². The summed E-state index contributed by atoms with van der Waals surface area (Å²) in [5.41, 5.74) is 0.850. The zero-order valence-electron chi connectivity index (χ0n) is 9.93. The number of likely N-dealkylation sites (N-methyl/N-ethyl adjacent to an activating group) is 1. The molecular formula is C13H17NO3. The number of carbonyl (C=O) groups is 1. The first kappa shape index (κ1) is 11.9. The highest BCUT2D eigenvalue weighted by Crippen LogP contribution is 2.20. The Morgan fingerprint density at radius 3 is 3.00 bits per heavy atom. The van der Waals surface area contributed by atoms with Crippen molar-refractivity contribution >= 4 is 5.91 Å². The van der Waals surface area contributed by atoms with Gasteiger partial charge in [0.05, 0.1) is 25.7 Å². The van der Waals surface area contributed by atoms with E-state index >= 15 is 0 Å². The molecule has 1 saturated heterocycles. The Morgan fingerprint density at radius 1 is 1.47 bits per heavy atom. The summed E-state index contributed by atoms with van der Waals surface area (Å²) in [4.78, 5) is 13.4. The first-order valence-electron chi connectivity index (χ1n) is 5.79.